The first-order valence-electron chi connectivity index (χ1n) is 6.52. The van der Waals surface area contributed by atoms with Crippen LogP contribution in [0.1, 0.15) is 58.0 Å². The van der Waals surface area contributed by atoms with Crippen LogP contribution >= 0.6 is 0 Å². The van der Waals surface area contributed by atoms with E-state index in [4.69, 9.17) is 0 Å². The fourth-order valence-electron chi connectivity index (χ4n) is 1.19. The lowest BCUT2D eigenvalue weighted by Gasteiger charge is -1.92. The zero-order chi connectivity index (χ0) is 13.8. The lowest BCUT2D eigenvalue weighted by Crippen LogP contribution is -1.77. The number of allylic oxidation sites excluding steroid dienone is 2. The maximum Gasteiger partial charge on any atom is 0.0414 e. The molecule has 0 saturated heterocycles. The van der Waals surface area contributed by atoms with Crippen LogP contribution in [0.4, 0.5) is 0 Å². The zero-order valence-electron chi connectivity index (χ0n) is 12.6. The first kappa shape index (κ1) is 18.1. The van der Waals surface area contributed by atoms with Gasteiger partial charge in [0.1, 0.15) is 0 Å². The van der Waals surface area contributed by atoms with Crippen LogP contribution in [0.5, 0.6) is 0 Å². The molecule has 0 aromatic carbocycles. The van der Waals surface area contributed by atoms with Gasteiger partial charge in [-0.2, -0.15) is 0 Å². The highest BCUT2D eigenvalue weighted by molar-refractivity contribution is 5.55. The number of aryl methyl sites for hydroxylation is 2. The second-order valence-corrected chi connectivity index (χ2v) is 3.85. The van der Waals surface area contributed by atoms with Crippen molar-refractivity contribution in [2.24, 2.45) is 0 Å². The summed E-state index contributed by atoms with van der Waals surface area (Å²) in [5.74, 6) is 0. The monoisotopic (exact) mass is 235 g/mol. The van der Waals surface area contributed by atoms with Gasteiger partial charge in [-0.15, -0.1) is 0 Å². The minimum Gasteiger partial charge on any atom is -0.359 e. The summed E-state index contributed by atoms with van der Waals surface area (Å²) in [7, 11) is 0. The Morgan fingerprint density at radius 1 is 1.29 bits per heavy atom. The molecule has 0 bridgehead atoms. The summed E-state index contributed by atoms with van der Waals surface area (Å²) in [6.07, 6.45) is 5.21. The number of nitrogens with one attached hydrogen (secondary N) is 1. The van der Waals surface area contributed by atoms with Crippen molar-refractivity contribution in [2.75, 3.05) is 0 Å². The molecule has 0 aliphatic rings. The molecular formula is C16H29N. The molecule has 0 fully saturated rings. The van der Waals surface area contributed by atoms with Gasteiger partial charge in [0.2, 0.25) is 0 Å². The van der Waals surface area contributed by atoms with Gasteiger partial charge in [-0.25, -0.2) is 0 Å². The summed E-state index contributed by atoms with van der Waals surface area (Å²) in [5, 5.41) is 0. The van der Waals surface area contributed by atoms with Crippen LogP contribution in [0, 0.1) is 13.8 Å². The van der Waals surface area contributed by atoms with E-state index in [1.54, 1.807) is 0 Å². The summed E-state index contributed by atoms with van der Waals surface area (Å²) >= 11 is 0. The Kier molecular flexibility index (Phi) is 12.0. The van der Waals surface area contributed by atoms with Gasteiger partial charge in [0.05, 0.1) is 0 Å². The molecule has 0 atom stereocenters. The lowest BCUT2D eigenvalue weighted by atomic mass is 10.2. The highest BCUT2D eigenvalue weighted by Gasteiger charge is 1.97. The lowest BCUT2D eigenvalue weighted by molar-refractivity contribution is 1.09. The Balaban J connectivity index is 0. The quantitative estimate of drug-likeness (QED) is 0.636. The van der Waals surface area contributed by atoms with E-state index < -0.39 is 0 Å². The maximum atomic E-state index is 3.71. The Bertz CT molecular complexity index is 329. The van der Waals surface area contributed by atoms with Crippen molar-refractivity contribution in [1.29, 1.82) is 0 Å². The number of aromatic amines is 1. The Labute approximate surface area is 108 Å². The molecule has 0 amide bonds. The molecule has 1 heteroatoms. The molecule has 1 nitrogen and oxygen atoms in total. The Morgan fingerprint density at radius 2 is 1.76 bits per heavy atom. The second-order valence-electron chi connectivity index (χ2n) is 3.85. The van der Waals surface area contributed by atoms with Crippen molar-refractivity contribution in [2.45, 2.75) is 54.9 Å². The fourth-order valence-corrected chi connectivity index (χ4v) is 1.19. The SMILES string of the molecule is C=C/C(C)=C\c1[nH]c(C)cc1C.CC.CCC. The summed E-state index contributed by atoms with van der Waals surface area (Å²) in [4.78, 5) is 3.29. The van der Waals surface area contributed by atoms with Crippen LogP contribution in [-0.2, 0) is 0 Å². The van der Waals surface area contributed by atoms with E-state index in [0.29, 0.717) is 0 Å². The van der Waals surface area contributed by atoms with Gasteiger partial charge in [0, 0.05) is 11.4 Å². The number of hydrogen-bond acceptors (Lipinski definition) is 0. The van der Waals surface area contributed by atoms with Crippen molar-refractivity contribution >= 4 is 6.08 Å². The van der Waals surface area contributed by atoms with Gasteiger partial charge in [0.25, 0.3) is 0 Å². The molecule has 1 N–H and O–H groups in total. The van der Waals surface area contributed by atoms with Crippen LogP contribution in [0.25, 0.3) is 6.08 Å². The molecular weight excluding hydrogens is 206 g/mol. The highest BCUT2D eigenvalue weighted by Crippen LogP contribution is 2.12. The van der Waals surface area contributed by atoms with E-state index in [2.05, 4.69) is 51.4 Å². The van der Waals surface area contributed by atoms with Crippen LogP contribution in [-0.4, -0.2) is 4.98 Å². The molecule has 0 saturated carbocycles. The van der Waals surface area contributed by atoms with Crippen molar-refractivity contribution in [3.05, 3.63) is 41.2 Å². The molecule has 0 unspecified atom stereocenters. The topological polar surface area (TPSA) is 15.8 Å². The van der Waals surface area contributed by atoms with E-state index in [9.17, 15) is 0 Å². The fraction of sp³-hybridized carbons (Fsp3) is 0.500. The molecule has 0 aliphatic carbocycles. The van der Waals surface area contributed by atoms with Crippen molar-refractivity contribution in [3.63, 3.8) is 0 Å². The summed E-state index contributed by atoms with van der Waals surface area (Å²) in [6, 6.07) is 2.14. The first-order valence-corrected chi connectivity index (χ1v) is 6.52. The zero-order valence-corrected chi connectivity index (χ0v) is 12.6. The predicted molar refractivity (Wildman–Crippen MR) is 81.4 cm³/mol. The third-order valence-corrected chi connectivity index (χ3v) is 1.88. The number of aromatic nitrogens is 1. The number of rotatable bonds is 2. The average molecular weight is 235 g/mol. The van der Waals surface area contributed by atoms with Crippen LogP contribution in [0.2, 0.25) is 0 Å². The number of hydrogen-bond donors (Lipinski definition) is 1. The standard InChI is InChI=1S/C11H15N.C3H8.C2H6/c1-5-8(2)6-11-9(3)7-10(4)12-11;1-3-2;1-2/h5-7,12H,1H2,2-4H3;3H2,1-2H3;1-2H3/b8-6-;;. The third kappa shape index (κ3) is 8.56. The van der Waals surface area contributed by atoms with Gasteiger partial charge in [0.15, 0.2) is 0 Å². The van der Waals surface area contributed by atoms with Crippen LogP contribution < -0.4 is 0 Å². The van der Waals surface area contributed by atoms with E-state index in [0.717, 1.165) is 0 Å². The molecule has 1 aromatic rings. The van der Waals surface area contributed by atoms with E-state index in [1.807, 2.05) is 26.8 Å². The maximum absolute atomic E-state index is 3.71. The molecule has 17 heavy (non-hydrogen) atoms. The van der Waals surface area contributed by atoms with Crippen LogP contribution in [0.15, 0.2) is 24.3 Å². The second kappa shape index (κ2) is 11.3. The van der Waals surface area contributed by atoms with Crippen molar-refractivity contribution in [3.8, 4) is 0 Å². The van der Waals surface area contributed by atoms with Gasteiger partial charge < -0.3 is 4.98 Å². The highest BCUT2D eigenvalue weighted by atomic mass is 14.7. The normalized spacial score (nSPS) is 9.71. The minimum absolute atomic E-state index is 1.18. The molecule has 1 aromatic heterocycles. The van der Waals surface area contributed by atoms with Crippen molar-refractivity contribution in [1.82, 2.24) is 4.98 Å². The van der Waals surface area contributed by atoms with Gasteiger partial charge >= 0.3 is 0 Å². The molecule has 1 rings (SSSR count). The minimum atomic E-state index is 1.18. The number of H-pyrrole nitrogens is 1. The summed E-state index contributed by atoms with van der Waals surface area (Å²) < 4.78 is 0. The predicted octanol–water partition coefficient (Wildman–Crippen LogP) is 5.66. The molecule has 0 aliphatic heterocycles. The third-order valence-electron chi connectivity index (χ3n) is 1.88. The Morgan fingerprint density at radius 3 is 2.06 bits per heavy atom. The molecule has 98 valence electrons. The average Bonchev–Trinajstić information content (AvgIpc) is 2.61. The van der Waals surface area contributed by atoms with E-state index >= 15 is 0 Å². The van der Waals surface area contributed by atoms with Crippen LogP contribution in [0.3, 0.4) is 0 Å². The van der Waals surface area contributed by atoms with E-state index in [-0.39, 0.29) is 0 Å². The first-order chi connectivity index (χ1) is 8.04. The summed E-state index contributed by atoms with van der Waals surface area (Å²) in [5.41, 5.74) is 4.86. The van der Waals surface area contributed by atoms with Gasteiger partial charge in [-0.05, 0) is 44.1 Å². The molecule has 0 radical (unpaired) electrons. The van der Waals surface area contributed by atoms with Crippen molar-refractivity contribution < 1.29 is 0 Å². The van der Waals surface area contributed by atoms with Gasteiger partial charge in [-0.3, -0.25) is 0 Å². The summed E-state index contributed by atoms with van der Waals surface area (Å²) in [6.45, 7) is 18.2. The molecule has 1 heterocycles. The Hall–Kier alpha value is -1.24. The smallest absolute Gasteiger partial charge is 0.0414 e. The van der Waals surface area contributed by atoms with Gasteiger partial charge in [-0.1, -0.05) is 46.8 Å². The largest absolute Gasteiger partial charge is 0.359 e. The van der Waals surface area contributed by atoms with E-state index in [1.165, 1.54) is 28.9 Å². The molecule has 0 spiro atoms.